The molecule has 0 spiro atoms. The minimum absolute atomic E-state index is 0.532. The van der Waals surface area contributed by atoms with Gasteiger partial charge >= 0.3 is 0 Å². The summed E-state index contributed by atoms with van der Waals surface area (Å²) < 4.78 is 5.04. The first kappa shape index (κ1) is 9.36. The van der Waals surface area contributed by atoms with Crippen LogP contribution in [0.1, 0.15) is 18.6 Å². The van der Waals surface area contributed by atoms with Crippen molar-refractivity contribution in [3.8, 4) is 5.75 Å². The number of aliphatic hydroxyl groups is 1. The highest BCUT2D eigenvalue weighted by Gasteiger charge is 2.11. The Bertz CT molecular complexity index is 271. The molecule has 0 aromatic heterocycles. The molecule has 66 valence electrons. The van der Waals surface area contributed by atoms with Gasteiger partial charge in [0, 0.05) is 5.56 Å². The van der Waals surface area contributed by atoms with Gasteiger partial charge in [0.15, 0.2) is 0 Å². The lowest BCUT2D eigenvalue weighted by Gasteiger charge is -2.11. The average Bonchev–Trinajstić information content (AvgIpc) is 2.03. The van der Waals surface area contributed by atoms with Gasteiger partial charge in [-0.15, -0.1) is 0 Å². The first-order chi connectivity index (χ1) is 5.66. The van der Waals surface area contributed by atoms with Crippen LogP contribution in [-0.4, -0.2) is 12.2 Å². The molecule has 12 heavy (non-hydrogen) atoms. The first-order valence-electron chi connectivity index (χ1n) is 3.67. The zero-order valence-electron chi connectivity index (χ0n) is 7.04. The van der Waals surface area contributed by atoms with Crippen LogP contribution in [0.3, 0.4) is 0 Å². The average molecular weight is 187 g/mol. The summed E-state index contributed by atoms with van der Waals surface area (Å²) in [5.41, 5.74) is 0.640. The standard InChI is InChI=1S/C9H11ClO2/c1-6(11)9-7(10)4-3-5-8(9)12-2/h3-6,11H,1-2H3. The molecule has 3 heteroatoms. The van der Waals surface area contributed by atoms with Gasteiger partial charge in [-0.25, -0.2) is 0 Å². The lowest BCUT2D eigenvalue weighted by atomic mass is 10.1. The fraction of sp³-hybridized carbons (Fsp3) is 0.333. The van der Waals surface area contributed by atoms with E-state index in [4.69, 9.17) is 16.3 Å². The predicted molar refractivity (Wildman–Crippen MR) is 48.6 cm³/mol. The van der Waals surface area contributed by atoms with Crippen LogP contribution < -0.4 is 4.74 Å². The third-order valence-electron chi connectivity index (χ3n) is 1.65. The van der Waals surface area contributed by atoms with Crippen molar-refractivity contribution >= 4 is 11.6 Å². The topological polar surface area (TPSA) is 29.5 Å². The van der Waals surface area contributed by atoms with Gasteiger partial charge in [-0.1, -0.05) is 17.7 Å². The molecular formula is C9H11ClO2. The van der Waals surface area contributed by atoms with E-state index >= 15 is 0 Å². The Kier molecular flexibility index (Phi) is 2.95. The second-order valence-corrected chi connectivity index (χ2v) is 2.94. The van der Waals surface area contributed by atoms with Crippen molar-refractivity contribution < 1.29 is 9.84 Å². The Balaban J connectivity index is 3.20. The zero-order valence-corrected chi connectivity index (χ0v) is 7.80. The number of rotatable bonds is 2. The second kappa shape index (κ2) is 3.78. The summed E-state index contributed by atoms with van der Waals surface area (Å²) in [6.07, 6.45) is -0.603. The van der Waals surface area contributed by atoms with Crippen molar-refractivity contribution in [3.05, 3.63) is 28.8 Å². The minimum Gasteiger partial charge on any atom is -0.496 e. The van der Waals surface area contributed by atoms with Crippen LogP contribution in [0.25, 0.3) is 0 Å². The molecule has 0 radical (unpaired) electrons. The number of ether oxygens (including phenoxy) is 1. The van der Waals surface area contributed by atoms with Gasteiger partial charge in [0.2, 0.25) is 0 Å². The van der Waals surface area contributed by atoms with E-state index in [-0.39, 0.29) is 0 Å². The van der Waals surface area contributed by atoms with Gasteiger partial charge in [0.25, 0.3) is 0 Å². The summed E-state index contributed by atoms with van der Waals surface area (Å²) in [5.74, 6) is 0.623. The Morgan fingerprint density at radius 3 is 2.58 bits per heavy atom. The molecule has 0 amide bonds. The van der Waals surface area contributed by atoms with Crippen molar-refractivity contribution in [1.82, 2.24) is 0 Å². The van der Waals surface area contributed by atoms with Gasteiger partial charge in [-0.3, -0.25) is 0 Å². The normalized spacial score (nSPS) is 12.7. The van der Waals surface area contributed by atoms with E-state index in [1.807, 2.05) is 0 Å². The summed E-state index contributed by atoms with van der Waals surface area (Å²) in [5, 5.41) is 9.88. The SMILES string of the molecule is COc1cccc(Cl)c1C(C)O. The van der Waals surface area contributed by atoms with Gasteiger partial charge in [0.1, 0.15) is 5.75 Å². The summed E-state index contributed by atoms with van der Waals surface area (Å²) in [7, 11) is 1.55. The highest BCUT2D eigenvalue weighted by atomic mass is 35.5. The lowest BCUT2D eigenvalue weighted by Crippen LogP contribution is -1.96. The summed E-state index contributed by atoms with van der Waals surface area (Å²) in [4.78, 5) is 0. The van der Waals surface area contributed by atoms with Crippen LogP contribution >= 0.6 is 11.6 Å². The highest BCUT2D eigenvalue weighted by molar-refractivity contribution is 6.31. The number of benzene rings is 1. The Morgan fingerprint density at radius 2 is 2.17 bits per heavy atom. The molecule has 1 rings (SSSR count). The van der Waals surface area contributed by atoms with Crippen LogP contribution in [0.15, 0.2) is 18.2 Å². The fourth-order valence-corrected chi connectivity index (χ4v) is 1.42. The Morgan fingerprint density at radius 1 is 1.50 bits per heavy atom. The number of methoxy groups -OCH3 is 1. The van der Waals surface area contributed by atoms with Crippen molar-refractivity contribution in [2.45, 2.75) is 13.0 Å². The van der Waals surface area contributed by atoms with Crippen LogP contribution in [-0.2, 0) is 0 Å². The van der Waals surface area contributed by atoms with Gasteiger partial charge in [-0.2, -0.15) is 0 Å². The number of hydrogen-bond donors (Lipinski definition) is 1. The van der Waals surface area contributed by atoms with Gasteiger partial charge in [0.05, 0.1) is 18.2 Å². The fourth-order valence-electron chi connectivity index (χ4n) is 1.10. The second-order valence-electron chi connectivity index (χ2n) is 2.53. The molecule has 0 saturated carbocycles. The quantitative estimate of drug-likeness (QED) is 0.769. The van der Waals surface area contributed by atoms with Crippen molar-refractivity contribution in [2.75, 3.05) is 7.11 Å². The monoisotopic (exact) mass is 186 g/mol. The van der Waals surface area contributed by atoms with Gasteiger partial charge < -0.3 is 9.84 Å². The summed E-state index contributed by atoms with van der Waals surface area (Å²) in [6, 6.07) is 5.28. The minimum atomic E-state index is -0.603. The lowest BCUT2D eigenvalue weighted by molar-refractivity contribution is 0.194. The van der Waals surface area contributed by atoms with E-state index in [9.17, 15) is 5.11 Å². The third kappa shape index (κ3) is 1.71. The van der Waals surface area contributed by atoms with E-state index in [0.29, 0.717) is 16.3 Å². The van der Waals surface area contributed by atoms with E-state index in [1.54, 1.807) is 32.2 Å². The van der Waals surface area contributed by atoms with Crippen molar-refractivity contribution in [3.63, 3.8) is 0 Å². The molecule has 0 aliphatic carbocycles. The van der Waals surface area contributed by atoms with Crippen LogP contribution in [0.5, 0.6) is 5.75 Å². The van der Waals surface area contributed by atoms with Crippen LogP contribution in [0.2, 0.25) is 5.02 Å². The summed E-state index contributed by atoms with van der Waals surface area (Å²) >= 11 is 5.86. The smallest absolute Gasteiger partial charge is 0.126 e. The Hall–Kier alpha value is -0.730. The molecular weight excluding hydrogens is 176 g/mol. The molecule has 1 unspecified atom stereocenters. The summed E-state index contributed by atoms with van der Waals surface area (Å²) in [6.45, 7) is 1.66. The zero-order chi connectivity index (χ0) is 9.14. The molecule has 1 atom stereocenters. The maximum Gasteiger partial charge on any atom is 0.126 e. The first-order valence-corrected chi connectivity index (χ1v) is 4.05. The maximum absolute atomic E-state index is 9.35. The van der Waals surface area contributed by atoms with E-state index in [2.05, 4.69) is 0 Å². The Labute approximate surface area is 76.7 Å². The predicted octanol–water partition coefficient (Wildman–Crippen LogP) is 2.40. The molecule has 0 heterocycles. The molecule has 0 aliphatic rings. The molecule has 0 bridgehead atoms. The third-order valence-corrected chi connectivity index (χ3v) is 1.98. The molecule has 1 aromatic rings. The molecule has 2 nitrogen and oxygen atoms in total. The van der Waals surface area contributed by atoms with Gasteiger partial charge in [-0.05, 0) is 19.1 Å². The van der Waals surface area contributed by atoms with Crippen molar-refractivity contribution in [2.24, 2.45) is 0 Å². The number of aliphatic hydroxyl groups excluding tert-OH is 1. The highest BCUT2D eigenvalue weighted by Crippen LogP contribution is 2.31. The van der Waals surface area contributed by atoms with Crippen LogP contribution in [0, 0.1) is 0 Å². The van der Waals surface area contributed by atoms with Crippen molar-refractivity contribution in [1.29, 1.82) is 0 Å². The van der Waals surface area contributed by atoms with E-state index < -0.39 is 6.10 Å². The molecule has 0 fully saturated rings. The maximum atomic E-state index is 9.35. The number of hydrogen-bond acceptors (Lipinski definition) is 2. The molecule has 1 aromatic carbocycles. The largest absolute Gasteiger partial charge is 0.496 e. The van der Waals surface area contributed by atoms with E-state index in [1.165, 1.54) is 0 Å². The molecule has 0 saturated heterocycles. The molecule has 1 N–H and O–H groups in total. The number of halogens is 1. The van der Waals surface area contributed by atoms with Crippen LogP contribution in [0.4, 0.5) is 0 Å². The molecule has 0 aliphatic heterocycles. The van der Waals surface area contributed by atoms with E-state index in [0.717, 1.165) is 0 Å².